The van der Waals surface area contributed by atoms with E-state index in [1.165, 1.54) is 66.8 Å². The zero-order chi connectivity index (χ0) is 37.1. The molecule has 2 aromatic heterocycles. The third-order valence-electron chi connectivity index (χ3n) is 12.3. The normalized spacial score (nSPS) is 17.5. The van der Waals surface area contributed by atoms with E-state index >= 15 is 0 Å². The second kappa shape index (κ2) is 12.9. The van der Waals surface area contributed by atoms with E-state index in [0.717, 1.165) is 35.5 Å². The Balaban J connectivity index is 1.14. The first-order valence-corrected chi connectivity index (χ1v) is 19.4. The maximum Gasteiger partial charge on any atom is 0.133 e. The molecular formula is C51H42N4. The van der Waals surface area contributed by atoms with Crippen molar-refractivity contribution in [1.82, 2.24) is 15.3 Å². The van der Waals surface area contributed by atoms with Crippen LogP contribution < -0.4 is 5.32 Å². The highest BCUT2D eigenvalue weighted by molar-refractivity contribution is 6.04. The van der Waals surface area contributed by atoms with Crippen LogP contribution in [0.15, 0.2) is 175 Å². The number of allylic oxidation sites excluding steroid dienone is 1. The number of fused-ring (bicyclic) bond motifs is 9. The Hall–Kier alpha value is -6.39. The quantitative estimate of drug-likeness (QED) is 0.198. The smallest absolute Gasteiger partial charge is 0.133 e. The van der Waals surface area contributed by atoms with Gasteiger partial charge in [0.05, 0.1) is 11.5 Å². The number of aromatic nitrogens is 2. The minimum absolute atomic E-state index is 0.00878. The summed E-state index contributed by atoms with van der Waals surface area (Å²) in [5, 5.41) is 3.81. The molecule has 1 atom stereocenters. The molecule has 3 aliphatic rings. The van der Waals surface area contributed by atoms with Gasteiger partial charge >= 0.3 is 0 Å². The van der Waals surface area contributed by atoms with Crippen LogP contribution in [-0.4, -0.2) is 15.8 Å². The average molecular weight is 711 g/mol. The summed E-state index contributed by atoms with van der Waals surface area (Å²) in [5.74, 6) is 0.863. The fourth-order valence-corrected chi connectivity index (χ4v) is 9.80. The number of nitrogens with zero attached hydrogens (tertiary/aromatic N) is 3. The first kappa shape index (κ1) is 33.2. The Labute approximate surface area is 323 Å². The molecule has 3 heterocycles. The van der Waals surface area contributed by atoms with E-state index in [-0.39, 0.29) is 11.5 Å². The van der Waals surface area contributed by atoms with Gasteiger partial charge in [0, 0.05) is 47.0 Å². The maximum absolute atomic E-state index is 5.43. The number of aliphatic imine (C=N–C) groups is 1. The number of amidine groups is 1. The first-order valence-electron chi connectivity index (χ1n) is 19.4. The molecule has 1 N–H and O–H groups in total. The molecule has 1 aliphatic heterocycles. The predicted octanol–water partition coefficient (Wildman–Crippen LogP) is 11.4. The molecule has 0 saturated carbocycles. The molecular weight excluding hydrogens is 669 g/mol. The molecule has 10 rings (SSSR count). The summed E-state index contributed by atoms with van der Waals surface area (Å²) < 4.78 is 0. The molecule has 55 heavy (non-hydrogen) atoms. The second-order valence-corrected chi connectivity index (χ2v) is 15.6. The van der Waals surface area contributed by atoms with Gasteiger partial charge in [-0.3, -0.25) is 15.0 Å². The number of nitrogens with one attached hydrogen (secondary N) is 1. The predicted molar refractivity (Wildman–Crippen MR) is 224 cm³/mol. The Morgan fingerprint density at radius 1 is 0.527 bits per heavy atom. The summed E-state index contributed by atoms with van der Waals surface area (Å²) in [5.41, 5.74) is 18.4. The van der Waals surface area contributed by atoms with Gasteiger partial charge in [-0.2, -0.15) is 0 Å². The van der Waals surface area contributed by atoms with Crippen LogP contribution in [0, 0.1) is 0 Å². The zero-order valence-electron chi connectivity index (χ0n) is 31.4. The highest BCUT2D eigenvalue weighted by Crippen LogP contribution is 2.63. The molecule has 2 aliphatic carbocycles. The van der Waals surface area contributed by atoms with Crippen LogP contribution in [-0.2, 0) is 10.8 Å². The van der Waals surface area contributed by atoms with Gasteiger partial charge in [-0.25, -0.2) is 0 Å². The summed E-state index contributed by atoms with van der Waals surface area (Å²) in [6.45, 7) is 7.04. The maximum atomic E-state index is 5.43. The van der Waals surface area contributed by atoms with Gasteiger partial charge in [-0.1, -0.05) is 129 Å². The summed E-state index contributed by atoms with van der Waals surface area (Å²) in [7, 11) is 0. The van der Waals surface area contributed by atoms with Crippen molar-refractivity contribution in [3.8, 4) is 22.3 Å². The van der Waals surface area contributed by atoms with Crippen LogP contribution in [0.3, 0.4) is 0 Å². The molecule has 0 amide bonds. The van der Waals surface area contributed by atoms with Crippen molar-refractivity contribution in [3.05, 3.63) is 220 Å². The van der Waals surface area contributed by atoms with Crippen molar-refractivity contribution >= 4 is 11.5 Å². The van der Waals surface area contributed by atoms with E-state index in [1.54, 1.807) is 0 Å². The minimum atomic E-state index is -0.419. The molecule has 0 saturated heterocycles. The SMILES string of the molecule is CC1=C(c2ccncc2)NC(c2ccc(-c3cccc4c3C(C)(C)c3ccccc3C43c4ccccc4-c4ccccc43)cc2)=NC(c2ccncc2)CC1. The molecule has 266 valence electrons. The Morgan fingerprint density at radius 2 is 1.07 bits per heavy atom. The second-order valence-electron chi connectivity index (χ2n) is 15.6. The van der Waals surface area contributed by atoms with E-state index in [4.69, 9.17) is 4.99 Å². The molecule has 0 fully saturated rings. The van der Waals surface area contributed by atoms with E-state index < -0.39 is 5.41 Å². The molecule has 1 unspecified atom stereocenters. The molecule has 0 radical (unpaired) electrons. The molecule has 4 heteroatoms. The van der Waals surface area contributed by atoms with Crippen LogP contribution in [0.2, 0.25) is 0 Å². The highest BCUT2D eigenvalue weighted by Gasteiger charge is 2.53. The highest BCUT2D eigenvalue weighted by atomic mass is 15.0. The first-order chi connectivity index (χ1) is 27.0. The molecule has 1 spiro atoms. The summed E-state index contributed by atoms with van der Waals surface area (Å²) >= 11 is 0. The lowest BCUT2D eigenvalue weighted by molar-refractivity contribution is 0.565. The van der Waals surface area contributed by atoms with E-state index in [0.29, 0.717) is 0 Å². The van der Waals surface area contributed by atoms with Crippen molar-refractivity contribution < 1.29 is 0 Å². The number of pyridine rings is 2. The lowest BCUT2D eigenvalue weighted by atomic mass is 9.54. The molecule has 5 aromatic carbocycles. The number of benzene rings is 5. The van der Waals surface area contributed by atoms with Crippen molar-refractivity contribution in [1.29, 1.82) is 0 Å². The fraction of sp³-hybridized carbons (Fsp3) is 0.157. The van der Waals surface area contributed by atoms with Gasteiger partial charge in [0.15, 0.2) is 0 Å². The summed E-state index contributed by atoms with van der Waals surface area (Å²) in [4.78, 5) is 14.0. The van der Waals surface area contributed by atoms with E-state index in [2.05, 4.69) is 176 Å². The Morgan fingerprint density at radius 3 is 1.75 bits per heavy atom. The number of rotatable bonds is 4. The molecule has 4 nitrogen and oxygen atoms in total. The lowest BCUT2D eigenvalue weighted by Gasteiger charge is -2.47. The van der Waals surface area contributed by atoms with Crippen molar-refractivity contribution in [2.24, 2.45) is 4.99 Å². The zero-order valence-corrected chi connectivity index (χ0v) is 31.4. The number of hydrogen-bond acceptors (Lipinski definition) is 4. The van der Waals surface area contributed by atoms with E-state index in [9.17, 15) is 0 Å². The number of hydrogen-bond donors (Lipinski definition) is 1. The van der Waals surface area contributed by atoms with Crippen LogP contribution in [0.4, 0.5) is 0 Å². The monoisotopic (exact) mass is 710 g/mol. The fourth-order valence-electron chi connectivity index (χ4n) is 9.80. The van der Waals surface area contributed by atoms with E-state index in [1.807, 2.05) is 24.8 Å². The van der Waals surface area contributed by atoms with Crippen molar-refractivity contribution in [2.45, 2.75) is 50.5 Å². The van der Waals surface area contributed by atoms with Crippen LogP contribution in [0.25, 0.3) is 28.0 Å². The van der Waals surface area contributed by atoms with Crippen molar-refractivity contribution in [2.75, 3.05) is 0 Å². The van der Waals surface area contributed by atoms with Gasteiger partial charge in [0.25, 0.3) is 0 Å². The van der Waals surface area contributed by atoms with Gasteiger partial charge < -0.3 is 5.32 Å². The Bertz CT molecular complexity index is 2610. The molecule has 7 aromatic rings. The minimum Gasteiger partial charge on any atom is -0.340 e. The summed E-state index contributed by atoms with van der Waals surface area (Å²) in [6.07, 6.45) is 9.29. The average Bonchev–Trinajstić information content (AvgIpc) is 3.53. The third-order valence-corrected chi connectivity index (χ3v) is 12.3. The lowest BCUT2D eigenvalue weighted by Crippen LogP contribution is -2.41. The van der Waals surface area contributed by atoms with Gasteiger partial charge in [-0.05, 0) is 111 Å². The topological polar surface area (TPSA) is 50.2 Å². The van der Waals surface area contributed by atoms with Crippen LogP contribution in [0.1, 0.15) is 89.7 Å². The van der Waals surface area contributed by atoms with Crippen LogP contribution in [0.5, 0.6) is 0 Å². The third kappa shape index (κ3) is 5.08. The van der Waals surface area contributed by atoms with Gasteiger partial charge in [0.2, 0.25) is 0 Å². The van der Waals surface area contributed by atoms with Crippen LogP contribution >= 0.6 is 0 Å². The standard InChI is InChI=1S/C51H42N4/c1-33-19-24-46(35-25-29-52-30-26-35)54-49(55-48(33)36-27-31-53-32-28-36)37-22-20-34(21-23-37)38-13-10-18-45-47(38)50(2,3)43-16-8-9-17-44(43)51(45)41-14-6-4-11-39(41)40-12-5-7-15-42(40)51/h4-18,20-23,25-32,46H,19,24H2,1-3H3,(H,54,55). The summed E-state index contributed by atoms with van der Waals surface area (Å²) in [6, 6.07) is 51.6. The largest absolute Gasteiger partial charge is 0.340 e. The van der Waals surface area contributed by atoms with Gasteiger partial charge in [-0.15, -0.1) is 0 Å². The van der Waals surface area contributed by atoms with Gasteiger partial charge in [0.1, 0.15) is 5.84 Å². The Kier molecular flexibility index (Phi) is 7.78. The molecule has 0 bridgehead atoms. The van der Waals surface area contributed by atoms with Crippen molar-refractivity contribution in [3.63, 3.8) is 0 Å².